The fraction of sp³-hybridized carbons (Fsp3) is 0.250. The molecule has 0 spiro atoms. The first-order valence-corrected chi connectivity index (χ1v) is 3.28. The Labute approximate surface area is 64.1 Å². The number of carbonyl (C=O) groups excluding carboxylic acids is 1. The van der Waals surface area contributed by atoms with Gasteiger partial charge in [0.2, 0.25) is 5.95 Å². The van der Waals surface area contributed by atoms with Crippen LogP contribution in [0.3, 0.4) is 0 Å². The van der Waals surface area contributed by atoms with Crippen LogP contribution in [-0.4, -0.2) is 10.8 Å². The Kier molecular flexibility index (Phi) is 2.31. The Morgan fingerprint density at radius 2 is 2.45 bits per heavy atom. The molecule has 0 aliphatic carbocycles. The van der Waals surface area contributed by atoms with Crippen molar-refractivity contribution < 1.29 is 9.18 Å². The number of pyridine rings is 1. The molecule has 0 bridgehead atoms. The third-order valence-corrected chi connectivity index (χ3v) is 1.24. The van der Waals surface area contributed by atoms with Crippen molar-refractivity contribution in [3.63, 3.8) is 0 Å². The van der Waals surface area contributed by atoms with Crippen molar-refractivity contribution in [2.45, 2.75) is 13.3 Å². The maximum absolute atomic E-state index is 12.4. The van der Waals surface area contributed by atoms with E-state index in [1.807, 2.05) is 0 Å². The monoisotopic (exact) mass is 153 g/mol. The maximum Gasteiger partial charge on any atom is 0.213 e. The molecule has 0 aliphatic rings. The second kappa shape index (κ2) is 3.23. The van der Waals surface area contributed by atoms with Gasteiger partial charge in [-0.05, 0) is 24.6 Å². The van der Waals surface area contributed by atoms with Crippen molar-refractivity contribution >= 4 is 5.78 Å². The summed E-state index contributed by atoms with van der Waals surface area (Å²) in [5.74, 6) is -0.514. The van der Waals surface area contributed by atoms with Crippen molar-refractivity contribution in [2.24, 2.45) is 0 Å². The van der Waals surface area contributed by atoms with E-state index in [1.54, 1.807) is 6.07 Å². The molecule has 1 rings (SSSR count). The normalized spacial score (nSPS) is 9.64. The van der Waals surface area contributed by atoms with Crippen molar-refractivity contribution in [3.05, 3.63) is 29.8 Å². The lowest BCUT2D eigenvalue weighted by atomic mass is 10.1. The molecule has 3 heteroatoms. The fourth-order valence-corrected chi connectivity index (χ4v) is 0.840. The largest absolute Gasteiger partial charge is 0.300 e. The number of ketones is 1. The number of halogens is 1. The Morgan fingerprint density at radius 3 is 3.00 bits per heavy atom. The molecular formula is C8H8FNO. The van der Waals surface area contributed by atoms with E-state index in [1.165, 1.54) is 19.2 Å². The first-order valence-electron chi connectivity index (χ1n) is 3.28. The Balaban J connectivity index is 2.79. The van der Waals surface area contributed by atoms with Crippen LogP contribution in [0.1, 0.15) is 12.5 Å². The summed E-state index contributed by atoms with van der Waals surface area (Å²) in [7, 11) is 0. The lowest BCUT2D eigenvalue weighted by Crippen LogP contribution is -1.97. The van der Waals surface area contributed by atoms with Gasteiger partial charge in [-0.3, -0.25) is 4.79 Å². The summed E-state index contributed by atoms with van der Waals surface area (Å²) in [5.41, 5.74) is 0.671. The van der Waals surface area contributed by atoms with Gasteiger partial charge in [-0.2, -0.15) is 4.39 Å². The van der Waals surface area contributed by atoms with Crippen molar-refractivity contribution in [1.82, 2.24) is 4.98 Å². The van der Waals surface area contributed by atoms with Crippen LogP contribution in [0, 0.1) is 5.95 Å². The summed E-state index contributed by atoms with van der Waals surface area (Å²) in [6.45, 7) is 1.47. The number of aromatic nitrogens is 1. The van der Waals surface area contributed by atoms with E-state index < -0.39 is 5.95 Å². The molecule has 0 aromatic carbocycles. The van der Waals surface area contributed by atoms with Crippen LogP contribution in [-0.2, 0) is 11.2 Å². The predicted octanol–water partition coefficient (Wildman–Crippen LogP) is 1.35. The molecule has 2 nitrogen and oxygen atoms in total. The number of rotatable bonds is 2. The summed E-state index contributed by atoms with van der Waals surface area (Å²) in [6.07, 6.45) is 1.63. The quantitative estimate of drug-likeness (QED) is 0.600. The van der Waals surface area contributed by atoms with Gasteiger partial charge >= 0.3 is 0 Å². The second-order valence-electron chi connectivity index (χ2n) is 2.37. The zero-order valence-electron chi connectivity index (χ0n) is 6.17. The highest BCUT2D eigenvalue weighted by Crippen LogP contribution is 2.01. The first-order chi connectivity index (χ1) is 5.18. The van der Waals surface area contributed by atoms with Crippen LogP contribution in [0.25, 0.3) is 0 Å². The van der Waals surface area contributed by atoms with Gasteiger partial charge in [0, 0.05) is 12.6 Å². The molecule has 0 saturated heterocycles. The van der Waals surface area contributed by atoms with E-state index in [0.717, 1.165) is 0 Å². The van der Waals surface area contributed by atoms with Crippen LogP contribution in [0.2, 0.25) is 0 Å². The summed E-state index contributed by atoms with van der Waals surface area (Å²) in [4.78, 5) is 14.0. The summed E-state index contributed by atoms with van der Waals surface area (Å²) < 4.78 is 12.4. The van der Waals surface area contributed by atoms with E-state index in [-0.39, 0.29) is 12.2 Å². The molecule has 58 valence electrons. The molecule has 11 heavy (non-hydrogen) atoms. The third-order valence-electron chi connectivity index (χ3n) is 1.24. The smallest absolute Gasteiger partial charge is 0.213 e. The van der Waals surface area contributed by atoms with E-state index in [0.29, 0.717) is 5.56 Å². The van der Waals surface area contributed by atoms with Crippen molar-refractivity contribution in [3.8, 4) is 0 Å². The fourth-order valence-electron chi connectivity index (χ4n) is 0.840. The molecule has 0 atom stereocenters. The van der Waals surface area contributed by atoms with E-state index >= 15 is 0 Å². The minimum Gasteiger partial charge on any atom is -0.300 e. The van der Waals surface area contributed by atoms with Gasteiger partial charge in [-0.25, -0.2) is 4.98 Å². The van der Waals surface area contributed by atoms with Crippen LogP contribution >= 0.6 is 0 Å². The minimum absolute atomic E-state index is 0.0237. The number of carbonyl (C=O) groups is 1. The van der Waals surface area contributed by atoms with Gasteiger partial charge in [0.05, 0.1) is 0 Å². The van der Waals surface area contributed by atoms with Gasteiger partial charge in [-0.1, -0.05) is 0 Å². The van der Waals surface area contributed by atoms with E-state index in [9.17, 15) is 9.18 Å². The van der Waals surface area contributed by atoms with Crippen LogP contribution in [0.5, 0.6) is 0 Å². The average Bonchev–Trinajstić information content (AvgIpc) is 1.85. The molecule has 0 radical (unpaired) electrons. The number of nitrogens with zero attached hydrogens (tertiary/aromatic N) is 1. The lowest BCUT2D eigenvalue weighted by Gasteiger charge is -1.95. The van der Waals surface area contributed by atoms with Gasteiger partial charge in [0.15, 0.2) is 0 Å². The van der Waals surface area contributed by atoms with Crippen molar-refractivity contribution in [1.29, 1.82) is 0 Å². The predicted molar refractivity (Wildman–Crippen MR) is 38.6 cm³/mol. The molecule has 0 fully saturated rings. The highest BCUT2D eigenvalue weighted by atomic mass is 19.1. The molecule has 1 aromatic heterocycles. The van der Waals surface area contributed by atoms with E-state index in [4.69, 9.17) is 0 Å². The summed E-state index contributed by atoms with van der Waals surface area (Å²) >= 11 is 0. The Morgan fingerprint density at radius 1 is 1.73 bits per heavy atom. The molecule has 0 unspecified atom stereocenters. The highest BCUT2D eigenvalue weighted by Gasteiger charge is 1.98. The third kappa shape index (κ3) is 2.45. The topological polar surface area (TPSA) is 30.0 Å². The second-order valence-corrected chi connectivity index (χ2v) is 2.37. The lowest BCUT2D eigenvalue weighted by molar-refractivity contribution is -0.116. The van der Waals surface area contributed by atoms with Gasteiger partial charge in [0.1, 0.15) is 5.78 Å². The van der Waals surface area contributed by atoms with Crippen LogP contribution in [0.4, 0.5) is 4.39 Å². The average molecular weight is 153 g/mol. The highest BCUT2D eigenvalue weighted by molar-refractivity contribution is 5.78. The zero-order chi connectivity index (χ0) is 8.27. The molecule has 0 aliphatic heterocycles. The molecule has 1 heterocycles. The van der Waals surface area contributed by atoms with Gasteiger partial charge < -0.3 is 0 Å². The first kappa shape index (κ1) is 7.85. The summed E-state index contributed by atoms with van der Waals surface area (Å²) in [5, 5.41) is 0. The van der Waals surface area contributed by atoms with Gasteiger partial charge in [-0.15, -0.1) is 0 Å². The van der Waals surface area contributed by atoms with E-state index in [2.05, 4.69) is 4.98 Å². The molecule has 1 aromatic rings. The SMILES string of the molecule is CC(=O)Cc1ccnc(F)c1. The number of hydrogen-bond acceptors (Lipinski definition) is 2. The summed E-state index contributed by atoms with van der Waals surface area (Å²) in [6, 6.07) is 2.89. The maximum atomic E-state index is 12.4. The molecule has 0 amide bonds. The molecular weight excluding hydrogens is 145 g/mol. The molecule has 0 N–H and O–H groups in total. The Hall–Kier alpha value is -1.25. The molecule has 0 saturated carbocycles. The standard InChI is InChI=1S/C8H8FNO/c1-6(11)4-7-2-3-10-8(9)5-7/h2-3,5H,4H2,1H3. The van der Waals surface area contributed by atoms with Gasteiger partial charge in [0.25, 0.3) is 0 Å². The van der Waals surface area contributed by atoms with Crippen LogP contribution < -0.4 is 0 Å². The van der Waals surface area contributed by atoms with Crippen molar-refractivity contribution in [2.75, 3.05) is 0 Å². The minimum atomic E-state index is -0.538. The number of Topliss-reactive ketones (excluding diaryl/α,β-unsaturated/α-hetero) is 1. The number of hydrogen-bond donors (Lipinski definition) is 0. The zero-order valence-corrected chi connectivity index (χ0v) is 6.17. The van der Waals surface area contributed by atoms with Crippen LogP contribution in [0.15, 0.2) is 18.3 Å². The Bertz CT molecular complexity index is 273.